The Morgan fingerprint density at radius 3 is 2.77 bits per heavy atom. The third-order valence-corrected chi connectivity index (χ3v) is 4.19. The molecule has 1 aliphatic rings. The minimum absolute atomic E-state index is 0.0907. The number of imide groups is 1. The van der Waals surface area contributed by atoms with Crippen LogP contribution in [0.4, 0.5) is 16.7 Å². The summed E-state index contributed by atoms with van der Waals surface area (Å²) in [5, 5.41) is 24.9. The molecule has 5 N–H and O–H groups in total. The molecule has 30 heavy (non-hydrogen) atoms. The molecule has 1 aliphatic heterocycles. The Morgan fingerprint density at radius 2 is 2.07 bits per heavy atom. The van der Waals surface area contributed by atoms with E-state index in [1.54, 1.807) is 24.4 Å². The van der Waals surface area contributed by atoms with Gasteiger partial charge in [-0.25, -0.2) is 4.79 Å². The van der Waals surface area contributed by atoms with Gasteiger partial charge in [-0.05, 0) is 37.6 Å². The zero-order valence-corrected chi connectivity index (χ0v) is 16.3. The van der Waals surface area contributed by atoms with Crippen LogP contribution in [0.15, 0.2) is 36.2 Å². The van der Waals surface area contributed by atoms with Crippen LogP contribution < -0.4 is 21.3 Å². The van der Waals surface area contributed by atoms with Crippen molar-refractivity contribution in [2.45, 2.75) is 26.4 Å². The molecule has 0 bridgehead atoms. The molecular weight excluding hydrogens is 388 g/mol. The van der Waals surface area contributed by atoms with Gasteiger partial charge in [-0.1, -0.05) is 12.1 Å². The number of aromatic nitrogens is 4. The Bertz CT molecular complexity index is 1170. The minimum atomic E-state index is -0.576. The van der Waals surface area contributed by atoms with Crippen molar-refractivity contribution in [1.82, 2.24) is 30.2 Å². The molecule has 1 fully saturated rings. The van der Waals surface area contributed by atoms with E-state index in [2.05, 4.69) is 36.3 Å². The molecule has 0 aliphatic carbocycles. The first-order valence-corrected chi connectivity index (χ1v) is 9.27. The van der Waals surface area contributed by atoms with Crippen molar-refractivity contribution in [3.63, 3.8) is 0 Å². The molecule has 0 spiro atoms. The smallest absolute Gasteiger partial charge is 0.326 e. The van der Waals surface area contributed by atoms with E-state index in [1.807, 2.05) is 19.9 Å². The first kappa shape index (κ1) is 19.2. The van der Waals surface area contributed by atoms with Crippen LogP contribution in [-0.4, -0.2) is 42.7 Å². The molecule has 0 radical (unpaired) electrons. The average molecular weight is 408 g/mol. The van der Waals surface area contributed by atoms with Gasteiger partial charge in [0, 0.05) is 18.2 Å². The summed E-state index contributed by atoms with van der Waals surface area (Å²) in [6, 6.07) is 6.38. The third-order valence-electron chi connectivity index (χ3n) is 4.19. The van der Waals surface area contributed by atoms with Crippen molar-refractivity contribution in [2.24, 2.45) is 0 Å². The lowest BCUT2D eigenvalue weighted by Crippen LogP contribution is -2.22. The molecule has 0 unspecified atom stereocenters. The predicted molar refractivity (Wildman–Crippen MR) is 110 cm³/mol. The summed E-state index contributed by atoms with van der Waals surface area (Å²) in [4.78, 5) is 32.2. The van der Waals surface area contributed by atoms with E-state index in [-0.39, 0.29) is 17.5 Å². The number of aromatic hydroxyl groups is 1. The molecule has 154 valence electrons. The van der Waals surface area contributed by atoms with E-state index in [0.29, 0.717) is 29.7 Å². The molecule has 3 aromatic rings. The Balaban J connectivity index is 1.70. The zero-order chi connectivity index (χ0) is 21.3. The number of carbonyl (C=O) groups excluding carboxylic acids is 2. The second kappa shape index (κ2) is 7.70. The lowest BCUT2D eigenvalue weighted by atomic mass is 10.2. The second-order valence-electron chi connectivity index (χ2n) is 6.99. The van der Waals surface area contributed by atoms with Gasteiger partial charge in [0.1, 0.15) is 11.4 Å². The summed E-state index contributed by atoms with van der Waals surface area (Å²) >= 11 is 0. The Kier molecular flexibility index (Phi) is 4.92. The Morgan fingerprint density at radius 1 is 1.23 bits per heavy atom. The summed E-state index contributed by atoms with van der Waals surface area (Å²) in [5.41, 5.74) is 1.96. The highest BCUT2D eigenvalue weighted by atomic mass is 16.3. The van der Waals surface area contributed by atoms with E-state index in [0.717, 1.165) is 5.56 Å². The number of nitrogens with one attached hydrogen (secondary N) is 4. The fourth-order valence-corrected chi connectivity index (χ4v) is 2.91. The van der Waals surface area contributed by atoms with Crippen LogP contribution in [0.25, 0.3) is 11.7 Å². The first-order chi connectivity index (χ1) is 14.4. The van der Waals surface area contributed by atoms with Gasteiger partial charge in [0.05, 0.1) is 6.20 Å². The van der Waals surface area contributed by atoms with Crippen molar-refractivity contribution in [1.29, 1.82) is 0 Å². The maximum Gasteiger partial charge on any atom is 0.326 e. The Hall–Kier alpha value is -4.15. The predicted octanol–water partition coefficient (Wildman–Crippen LogP) is 1.44. The molecule has 2 aromatic heterocycles. The molecule has 4 rings (SSSR count). The molecular formula is C19H20N8O3. The van der Waals surface area contributed by atoms with Crippen molar-refractivity contribution in [3.05, 3.63) is 47.3 Å². The van der Waals surface area contributed by atoms with E-state index in [4.69, 9.17) is 0 Å². The summed E-state index contributed by atoms with van der Waals surface area (Å²) < 4.78 is 1.53. The van der Waals surface area contributed by atoms with Crippen LogP contribution in [0.2, 0.25) is 0 Å². The SMILES string of the molecule is CC(C)Nc1nc(NCc2cccc(O)c2)nc2c(/C=C3\NC(=O)NC3=O)cnn12. The first-order valence-electron chi connectivity index (χ1n) is 9.27. The van der Waals surface area contributed by atoms with Gasteiger partial charge in [0.2, 0.25) is 11.9 Å². The number of phenolic OH excluding ortho intramolecular Hbond substituents is 1. The molecule has 1 aromatic carbocycles. The summed E-state index contributed by atoms with van der Waals surface area (Å²) in [6.07, 6.45) is 3.05. The highest BCUT2D eigenvalue weighted by Gasteiger charge is 2.24. The molecule has 0 atom stereocenters. The topological polar surface area (TPSA) is 146 Å². The minimum Gasteiger partial charge on any atom is -0.508 e. The number of hydrogen-bond donors (Lipinski definition) is 5. The lowest BCUT2D eigenvalue weighted by Gasteiger charge is -2.13. The van der Waals surface area contributed by atoms with E-state index in [1.165, 1.54) is 10.6 Å². The van der Waals surface area contributed by atoms with Crippen molar-refractivity contribution >= 4 is 35.6 Å². The van der Waals surface area contributed by atoms with Crippen LogP contribution in [-0.2, 0) is 11.3 Å². The summed E-state index contributed by atoms with van der Waals surface area (Å²) in [5.74, 6) is 0.470. The third kappa shape index (κ3) is 3.99. The van der Waals surface area contributed by atoms with Crippen LogP contribution >= 0.6 is 0 Å². The van der Waals surface area contributed by atoms with Crippen molar-refractivity contribution in [2.75, 3.05) is 10.6 Å². The number of benzene rings is 1. The van der Waals surface area contributed by atoms with Gasteiger partial charge in [-0.3, -0.25) is 10.1 Å². The number of fused-ring (bicyclic) bond motifs is 1. The van der Waals surface area contributed by atoms with Crippen molar-refractivity contribution < 1.29 is 14.7 Å². The molecule has 11 heteroatoms. The zero-order valence-electron chi connectivity index (χ0n) is 16.3. The number of carbonyl (C=O) groups is 2. The van der Waals surface area contributed by atoms with Gasteiger partial charge < -0.3 is 21.1 Å². The number of rotatable bonds is 6. The standard InChI is InChI=1S/C19H20N8O3/c1-10(2)22-18-26-17(20-8-11-4-3-5-13(28)6-11)24-15-12(9-21-27(15)18)7-14-16(29)25-19(30)23-14/h3-7,9-10,28H,8H2,1-2H3,(H2,20,22,24,26)(H2,23,25,29,30)/b14-7-. The number of amides is 3. The molecule has 3 amide bonds. The number of phenols is 1. The Labute approximate surface area is 171 Å². The van der Waals surface area contributed by atoms with Crippen molar-refractivity contribution in [3.8, 4) is 5.75 Å². The normalized spacial score (nSPS) is 15.0. The van der Waals surface area contributed by atoms with Gasteiger partial charge >= 0.3 is 6.03 Å². The maximum atomic E-state index is 11.8. The summed E-state index contributed by atoms with van der Waals surface area (Å²) in [7, 11) is 0. The highest BCUT2D eigenvalue weighted by Crippen LogP contribution is 2.20. The highest BCUT2D eigenvalue weighted by molar-refractivity contribution is 6.14. The average Bonchev–Trinajstić information content (AvgIpc) is 3.23. The fourth-order valence-electron chi connectivity index (χ4n) is 2.91. The van der Waals surface area contributed by atoms with E-state index < -0.39 is 11.9 Å². The fraction of sp³-hybridized carbons (Fsp3) is 0.211. The van der Waals surface area contributed by atoms with Gasteiger partial charge in [-0.2, -0.15) is 19.6 Å². The molecule has 3 heterocycles. The quantitative estimate of drug-likeness (QED) is 0.304. The van der Waals surface area contributed by atoms with Gasteiger partial charge in [0.25, 0.3) is 5.91 Å². The van der Waals surface area contributed by atoms with E-state index >= 15 is 0 Å². The van der Waals surface area contributed by atoms with Gasteiger partial charge in [-0.15, -0.1) is 0 Å². The lowest BCUT2D eigenvalue weighted by molar-refractivity contribution is -0.115. The largest absolute Gasteiger partial charge is 0.508 e. The molecule has 1 saturated heterocycles. The summed E-state index contributed by atoms with van der Waals surface area (Å²) in [6.45, 7) is 4.34. The number of nitrogens with zero attached hydrogens (tertiary/aromatic N) is 4. The van der Waals surface area contributed by atoms with E-state index in [9.17, 15) is 14.7 Å². The van der Waals surface area contributed by atoms with Crippen LogP contribution in [0.3, 0.4) is 0 Å². The van der Waals surface area contributed by atoms with Crippen LogP contribution in [0, 0.1) is 0 Å². The molecule has 0 saturated carbocycles. The molecule has 11 nitrogen and oxygen atoms in total. The number of urea groups is 1. The number of anilines is 2. The second-order valence-corrected chi connectivity index (χ2v) is 6.99. The number of hydrogen-bond acceptors (Lipinski definition) is 8. The monoisotopic (exact) mass is 408 g/mol. The van der Waals surface area contributed by atoms with Gasteiger partial charge in [0.15, 0.2) is 5.65 Å². The maximum absolute atomic E-state index is 11.8. The van der Waals surface area contributed by atoms with Crippen LogP contribution in [0.5, 0.6) is 5.75 Å². The van der Waals surface area contributed by atoms with Crippen LogP contribution in [0.1, 0.15) is 25.0 Å².